The van der Waals surface area contributed by atoms with Gasteiger partial charge in [0, 0.05) is 12.1 Å². The van der Waals surface area contributed by atoms with Gasteiger partial charge in [-0.3, -0.25) is 0 Å². The molecular formula is C8H8BNO2. The maximum Gasteiger partial charge on any atom is 0.412 e. The number of fused-ring (bicyclic) bond motifs is 1. The summed E-state index contributed by atoms with van der Waals surface area (Å²) in [7, 11) is 2.01. The minimum absolute atomic E-state index is 0.369. The minimum Gasteiger partial charge on any atom is -0.410 e. The molecule has 1 N–H and O–H groups in total. The summed E-state index contributed by atoms with van der Waals surface area (Å²) >= 11 is 0. The van der Waals surface area contributed by atoms with E-state index in [-0.39, 0.29) is 6.09 Å². The average Bonchev–Trinajstić information content (AvgIpc) is 2.05. The van der Waals surface area contributed by atoms with Crippen molar-refractivity contribution >= 4 is 19.4 Å². The Labute approximate surface area is 71.1 Å². The van der Waals surface area contributed by atoms with Gasteiger partial charge in [0.25, 0.3) is 0 Å². The molecule has 4 heteroatoms. The smallest absolute Gasteiger partial charge is 0.410 e. The quantitative estimate of drug-likeness (QED) is 0.523. The van der Waals surface area contributed by atoms with Gasteiger partial charge in [0.1, 0.15) is 13.6 Å². The predicted octanol–water partition coefficient (Wildman–Crippen LogP) is -0.453. The van der Waals surface area contributed by atoms with E-state index < -0.39 is 0 Å². The summed E-state index contributed by atoms with van der Waals surface area (Å²) in [6.45, 7) is 0.565. The number of carbonyl (C=O) groups is 1. The second-order valence-electron chi connectivity index (χ2n) is 2.85. The molecule has 0 saturated carbocycles. The molecule has 0 aliphatic carbocycles. The van der Waals surface area contributed by atoms with Crippen LogP contribution in [0.4, 0.5) is 4.79 Å². The number of hydrogen-bond acceptors (Lipinski definition) is 2. The topological polar surface area (TPSA) is 38.3 Å². The van der Waals surface area contributed by atoms with Crippen LogP contribution in [0.2, 0.25) is 0 Å². The lowest BCUT2D eigenvalue weighted by atomic mass is 9.94. The van der Waals surface area contributed by atoms with Crippen molar-refractivity contribution in [3.63, 3.8) is 0 Å². The molecule has 0 bridgehead atoms. The van der Waals surface area contributed by atoms with Crippen LogP contribution in [0, 0.1) is 0 Å². The van der Waals surface area contributed by atoms with Gasteiger partial charge in [-0.15, -0.1) is 0 Å². The first-order chi connectivity index (χ1) is 5.75. The first-order valence-electron chi connectivity index (χ1n) is 3.81. The van der Waals surface area contributed by atoms with Crippen LogP contribution in [0.25, 0.3) is 0 Å². The van der Waals surface area contributed by atoms with Gasteiger partial charge in [-0.25, -0.2) is 4.79 Å². The fourth-order valence-corrected chi connectivity index (χ4v) is 1.25. The van der Waals surface area contributed by atoms with Crippen molar-refractivity contribution in [2.45, 2.75) is 6.54 Å². The normalized spacial score (nSPS) is 14.5. The Morgan fingerprint density at radius 2 is 2.33 bits per heavy atom. The summed E-state index contributed by atoms with van der Waals surface area (Å²) in [6.07, 6.45) is -0.369. The highest BCUT2D eigenvalue weighted by Crippen LogP contribution is 2.19. The van der Waals surface area contributed by atoms with E-state index in [9.17, 15) is 4.79 Å². The Kier molecular flexibility index (Phi) is 1.53. The van der Waals surface area contributed by atoms with Crippen molar-refractivity contribution in [2.24, 2.45) is 0 Å². The highest BCUT2D eigenvalue weighted by molar-refractivity contribution is 6.32. The van der Waals surface area contributed by atoms with E-state index in [1.165, 1.54) is 5.46 Å². The van der Waals surface area contributed by atoms with Gasteiger partial charge in [0.05, 0.1) is 0 Å². The SMILES string of the molecule is Bc1ccc2c(c1)CNC(=O)O2. The van der Waals surface area contributed by atoms with Crippen molar-refractivity contribution in [1.29, 1.82) is 0 Å². The monoisotopic (exact) mass is 161 g/mol. The highest BCUT2D eigenvalue weighted by Gasteiger charge is 2.14. The zero-order chi connectivity index (χ0) is 8.55. The maximum absolute atomic E-state index is 10.8. The average molecular weight is 161 g/mol. The van der Waals surface area contributed by atoms with E-state index in [0.717, 1.165) is 5.56 Å². The van der Waals surface area contributed by atoms with Gasteiger partial charge in [0.15, 0.2) is 0 Å². The molecule has 0 unspecified atom stereocenters. The molecule has 0 saturated heterocycles. The van der Waals surface area contributed by atoms with Crippen LogP contribution in [0.3, 0.4) is 0 Å². The van der Waals surface area contributed by atoms with E-state index in [1.807, 2.05) is 26.0 Å². The number of nitrogens with one attached hydrogen (secondary N) is 1. The van der Waals surface area contributed by atoms with E-state index in [0.29, 0.717) is 12.3 Å². The molecule has 0 radical (unpaired) electrons. The number of benzene rings is 1. The minimum atomic E-state index is -0.369. The Morgan fingerprint density at radius 1 is 1.50 bits per heavy atom. The summed E-state index contributed by atoms with van der Waals surface area (Å²) in [5.41, 5.74) is 2.21. The molecule has 1 aliphatic heterocycles. The molecule has 12 heavy (non-hydrogen) atoms. The Hall–Kier alpha value is -1.45. The van der Waals surface area contributed by atoms with Crippen LogP contribution < -0.4 is 15.5 Å². The number of hydrogen-bond donors (Lipinski definition) is 1. The number of carbonyl (C=O) groups excluding carboxylic acids is 1. The molecule has 0 atom stereocenters. The molecule has 1 aromatic carbocycles. The van der Waals surface area contributed by atoms with Crippen molar-refractivity contribution in [1.82, 2.24) is 5.32 Å². The van der Waals surface area contributed by atoms with Gasteiger partial charge < -0.3 is 10.1 Å². The maximum atomic E-state index is 10.8. The lowest BCUT2D eigenvalue weighted by molar-refractivity contribution is 0.194. The van der Waals surface area contributed by atoms with Crippen molar-refractivity contribution < 1.29 is 9.53 Å². The third kappa shape index (κ3) is 1.16. The van der Waals surface area contributed by atoms with Crippen LogP contribution >= 0.6 is 0 Å². The largest absolute Gasteiger partial charge is 0.412 e. The number of rotatable bonds is 0. The third-order valence-electron chi connectivity index (χ3n) is 1.84. The molecule has 0 spiro atoms. The third-order valence-corrected chi connectivity index (χ3v) is 1.84. The summed E-state index contributed by atoms with van der Waals surface area (Å²) in [4.78, 5) is 10.8. The van der Waals surface area contributed by atoms with E-state index in [4.69, 9.17) is 4.74 Å². The molecule has 3 nitrogen and oxygen atoms in total. The lowest BCUT2D eigenvalue weighted by Gasteiger charge is -2.16. The summed E-state index contributed by atoms with van der Waals surface area (Å²) in [5.74, 6) is 0.671. The van der Waals surface area contributed by atoms with Gasteiger partial charge >= 0.3 is 6.09 Å². The first kappa shape index (κ1) is 7.22. The second-order valence-corrected chi connectivity index (χ2v) is 2.85. The van der Waals surface area contributed by atoms with Crippen LogP contribution in [-0.2, 0) is 6.54 Å². The van der Waals surface area contributed by atoms with Crippen LogP contribution in [0.5, 0.6) is 5.75 Å². The Bertz CT molecular complexity index is 338. The molecule has 1 amide bonds. The molecule has 1 aliphatic rings. The van der Waals surface area contributed by atoms with Crippen molar-refractivity contribution in [3.05, 3.63) is 23.8 Å². The van der Waals surface area contributed by atoms with Crippen LogP contribution in [-0.4, -0.2) is 13.9 Å². The van der Waals surface area contributed by atoms with Crippen LogP contribution in [0.15, 0.2) is 18.2 Å². The fourth-order valence-electron chi connectivity index (χ4n) is 1.25. The molecule has 2 rings (SSSR count). The van der Waals surface area contributed by atoms with Gasteiger partial charge in [-0.05, 0) is 6.07 Å². The first-order valence-corrected chi connectivity index (χ1v) is 3.81. The van der Waals surface area contributed by atoms with E-state index in [2.05, 4.69) is 5.32 Å². The molecule has 60 valence electrons. The number of ether oxygens (including phenoxy) is 1. The molecule has 1 aromatic rings. The van der Waals surface area contributed by atoms with Gasteiger partial charge in [-0.2, -0.15) is 0 Å². The van der Waals surface area contributed by atoms with Crippen molar-refractivity contribution in [2.75, 3.05) is 0 Å². The molecule has 0 aromatic heterocycles. The summed E-state index contributed by atoms with van der Waals surface area (Å²) < 4.78 is 4.94. The summed E-state index contributed by atoms with van der Waals surface area (Å²) in [6, 6.07) is 5.76. The van der Waals surface area contributed by atoms with Crippen molar-refractivity contribution in [3.8, 4) is 5.75 Å². The molecule has 1 heterocycles. The standard InChI is InChI=1S/C8H8BNO2/c9-6-1-2-7-5(3-6)4-10-8(11)12-7/h1-3H,4,9H2,(H,10,11). The Morgan fingerprint density at radius 3 is 3.17 bits per heavy atom. The predicted molar refractivity (Wildman–Crippen MR) is 47.5 cm³/mol. The Balaban J connectivity index is 2.43. The van der Waals surface area contributed by atoms with Crippen LogP contribution in [0.1, 0.15) is 5.56 Å². The summed E-state index contributed by atoms with van der Waals surface area (Å²) in [5, 5.41) is 2.60. The van der Waals surface area contributed by atoms with E-state index >= 15 is 0 Å². The zero-order valence-electron chi connectivity index (χ0n) is 6.76. The fraction of sp³-hybridized carbons (Fsp3) is 0.125. The van der Waals surface area contributed by atoms with E-state index in [1.54, 1.807) is 0 Å². The zero-order valence-corrected chi connectivity index (χ0v) is 6.76. The lowest BCUT2D eigenvalue weighted by Crippen LogP contribution is -2.31. The second kappa shape index (κ2) is 2.55. The van der Waals surface area contributed by atoms with Gasteiger partial charge in [-0.1, -0.05) is 17.6 Å². The van der Waals surface area contributed by atoms with Gasteiger partial charge in [0.2, 0.25) is 0 Å². The number of amides is 1. The molecular weight excluding hydrogens is 153 g/mol. The molecule has 0 fully saturated rings. The highest BCUT2D eigenvalue weighted by atomic mass is 16.6.